The minimum absolute atomic E-state index is 0.000901. The van der Waals surface area contributed by atoms with Crippen LogP contribution in [-0.4, -0.2) is 39.8 Å². The summed E-state index contributed by atoms with van der Waals surface area (Å²) < 4.78 is 6.68. The number of ether oxygens (including phenoxy) is 1. The molecule has 4 saturated carbocycles. The predicted molar refractivity (Wildman–Crippen MR) is 112 cm³/mol. The van der Waals surface area contributed by atoms with Gasteiger partial charge in [-0.25, -0.2) is 0 Å². The minimum atomic E-state index is -0.743. The van der Waals surface area contributed by atoms with E-state index >= 15 is 0 Å². The van der Waals surface area contributed by atoms with Crippen molar-refractivity contribution < 1.29 is 24.5 Å². The molecule has 2 unspecified atom stereocenters. The molecule has 5 nitrogen and oxygen atoms in total. The molecule has 5 heteroatoms. The summed E-state index contributed by atoms with van der Waals surface area (Å²) in [5.41, 5.74) is 1.03. The second-order valence-electron chi connectivity index (χ2n) is 12.9. The number of carbonyl (C=O) groups excluding carboxylic acids is 1. The molecular formula is C26H34O5. The zero-order valence-electron chi connectivity index (χ0n) is 18.9. The van der Waals surface area contributed by atoms with E-state index in [-0.39, 0.29) is 40.2 Å². The van der Waals surface area contributed by atoms with Crippen molar-refractivity contribution in [3.05, 3.63) is 11.1 Å². The van der Waals surface area contributed by atoms with Crippen LogP contribution < -0.4 is 0 Å². The summed E-state index contributed by atoms with van der Waals surface area (Å²) in [6.07, 6.45) is 7.58. The van der Waals surface area contributed by atoms with Gasteiger partial charge in [0, 0.05) is 5.41 Å². The molecule has 9 atom stereocenters. The van der Waals surface area contributed by atoms with Crippen LogP contribution in [0.1, 0.15) is 78.6 Å². The van der Waals surface area contributed by atoms with Gasteiger partial charge in [-0.2, -0.15) is 0 Å². The fourth-order valence-electron chi connectivity index (χ4n) is 10.6. The van der Waals surface area contributed by atoms with Crippen LogP contribution in [0.5, 0.6) is 0 Å². The summed E-state index contributed by atoms with van der Waals surface area (Å²) in [7, 11) is 0. The van der Waals surface area contributed by atoms with E-state index in [1.165, 1.54) is 5.57 Å². The summed E-state index contributed by atoms with van der Waals surface area (Å²) >= 11 is 0. The Morgan fingerprint density at radius 1 is 1.10 bits per heavy atom. The highest BCUT2D eigenvalue weighted by atomic mass is 16.5. The third-order valence-electron chi connectivity index (χ3n) is 12.0. The van der Waals surface area contributed by atoms with Gasteiger partial charge in [0.2, 0.25) is 0 Å². The van der Waals surface area contributed by atoms with Gasteiger partial charge in [-0.1, -0.05) is 26.3 Å². The first-order valence-electron chi connectivity index (χ1n) is 12.4. The molecule has 2 heterocycles. The molecule has 0 aromatic heterocycles. The van der Waals surface area contributed by atoms with E-state index in [0.29, 0.717) is 18.8 Å². The predicted octanol–water partition coefficient (Wildman–Crippen LogP) is 3.88. The second-order valence-corrected chi connectivity index (χ2v) is 12.9. The van der Waals surface area contributed by atoms with Crippen LogP contribution >= 0.6 is 0 Å². The highest BCUT2D eigenvalue weighted by molar-refractivity contribution is 6.05. The van der Waals surface area contributed by atoms with E-state index < -0.39 is 22.9 Å². The standard InChI is InChI=1S/C26H34O5/c1-22(2)17-11-16(27)19-13(12-24(17)7-5-18(22)31-24)4-6-23(3)25(15-10-14(15)20(28)29)8-9-26(19,23)21(25)30/h14-18,27H,4-12H2,1-3H3,(H,28,29)/t14-,15-,16?,17?,18+,23+,24+,25+,26-/m1/s1. The summed E-state index contributed by atoms with van der Waals surface area (Å²) in [6.45, 7) is 6.86. The number of aliphatic hydroxyl groups is 1. The first-order valence-corrected chi connectivity index (χ1v) is 12.4. The van der Waals surface area contributed by atoms with Crippen molar-refractivity contribution in [3.63, 3.8) is 0 Å². The number of carboxylic acids is 1. The molecule has 2 aliphatic heterocycles. The third kappa shape index (κ3) is 1.72. The number of carboxylic acid groups (broad SMARTS) is 1. The number of carbonyl (C=O) groups is 2. The fraction of sp³-hybridized carbons (Fsp3) is 0.846. The highest BCUT2D eigenvalue weighted by Crippen LogP contribution is 2.86. The quantitative estimate of drug-likeness (QED) is 0.655. The first kappa shape index (κ1) is 19.3. The number of aliphatic hydroxyl groups excluding tert-OH is 1. The van der Waals surface area contributed by atoms with Crippen molar-refractivity contribution in [1.82, 2.24) is 0 Å². The Morgan fingerprint density at radius 2 is 1.87 bits per heavy atom. The Bertz CT molecular complexity index is 980. The highest BCUT2D eigenvalue weighted by Gasteiger charge is 2.88. The second kappa shape index (κ2) is 5.14. The normalized spacial score (nSPS) is 57.7. The smallest absolute Gasteiger partial charge is 0.306 e. The molecule has 8 rings (SSSR count). The molecule has 0 aromatic carbocycles. The average molecular weight is 427 g/mol. The third-order valence-corrected chi connectivity index (χ3v) is 12.0. The van der Waals surface area contributed by atoms with Crippen LogP contribution in [0.25, 0.3) is 0 Å². The maximum absolute atomic E-state index is 14.0. The number of fused-ring (bicyclic) bond motifs is 2. The number of ketones is 1. The van der Waals surface area contributed by atoms with Crippen LogP contribution in [0, 0.1) is 39.4 Å². The van der Waals surface area contributed by atoms with Crippen LogP contribution in [0.2, 0.25) is 0 Å². The number of hydrogen-bond acceptors (Lipinski definition) is 4. The molecule has 0 amide bonds. The Morgan fingerprint density at radius 3 is 2.58 bits per heavy atom. The van der Waals surface area contributed by atoms with Crippen LogP contribution in [-0.2, 0) is 14.3 Å². The fourth-order valence-corrected chi connectivity index (χ4v) is 10.6. The molecule has 31 heavy (non-hydrogen) atoms. The van der Waals surface area contributed by atoms with Gasteiger partial charge in [0.1, 0.15) is 0 Å². The topological polar surface area (TPSA) is 83.8 Å². The zero-order chi connectivity index (χ0) is 21.8. The average Bonchev–Trinajstić information content (AvgIpc) is 3.15. The lowest BCUT2D eigenvalue weighted by molar-refractivity contribution is -0.185. The number of Topliss-reactive ketones (excluding diaryl/α,β-unsaturated/α-hetero) is 1. The number of aliphatic carboxylic acids is 1. The van der Waals surface area contributed by atoms with E-state index in [0.717, 1.165) is 50.5 Å². The summed E-state index contributed by atoms with van der Waals surface area (Å²) in [5.74, 6) is -0.500. The number of rotatable bonds is 2. The van der Waals surface area contributed by atoms with Gasteiger partial charge in [0.15, 0.2) is 5.78 Å². The molecule has 6 fully saturated rings. The molecule has 8 aliphatic rings. The van der Waals surface area contributed by atoms with Gasteiger partial charge in [0.05, 0.1) is 29.1 Å². The van der Waals surface area contributed by atoms with E-state index in [4.69, 9.17) is 4.74 Å². The Kier molecular flexibility index (Phi) is 3.20. The molecule has 2 saturated heterocycles. The van der Waals surface area contributed by atoms with Gasteiger partial charge in [-0.15, -0.1) is 0 Å². The van der Waals surface area contributed by atoms with Gasteiger partial charge in [-0.05, 0) is 86.0 Å². The van der Waals surface area contributed by atoms with Crippen molar-refractivity contribution in [2.45, 2.75) is 96.4 Å². The summed E-state index contributed by atoms with van der Waals surface area (Å²) in [6, 6.07) is 0. The van der Waals surface area contributed by atoms with E-state index in [2.05, 4.69) is 20.8 Å². The van der Waals surface area contributed by atoms with Crippen molar-refractivity contribution in [3.8, 4) is 0 Å². The Hall–Kier alpha value is -1.20. The van der Waals surface area contributed by atoms with Crippen molar-refractivity contribution in [1.29, 1.82) is 0 Å². The minimum Gasteiger partial charge on any atom is -0.481 e. The van der Waals surface area contributed by atoms with Gasteiger partial charge in [0.25, 0.3) is 0 Å². The van der Waals surface area contributed by atoms with Gasteiger partial charge < -0.3 is 14.9 Å². The molecule has 2 N–H and O–H groups in total. The summed E-state index contributed by atoms with van der Waals surface area (Å²) in [5, 5.41) is 21.2. The van der Waals surface area contributed by atoms with E-state index in [9.17, 15) is 19.8 Å². The van der Waals surface area contributed by atoms with Crippen LogP contribution in [0.3, 0.4) is 0 Å². The molecule has 0 radical (unpaired) electrons. The van der Waals surface area contributed by atoms with Crippen molar-refractivity contribution in [2.24, 2.45) is 39.4 Å². The Labute approximate surface area is 183 Å². The molecular weight excluding hydrogens is 392 g/mol. The van der Waals surface area contributed by atoms with Crippen molar-refractivity contribution in [2.75, 3.05) is 0 Å². The molecule has 168 valence electrons. The molecule has 4 bridgehead atoms. The maximum atomic E-state index is 14.0. The molecule has 2 spiro atoms. The zero-order valence-corrected chi connectivity index (χ0v) is 18.9. The largest absolute Gasteiger partial charge is 0.481 e. The molecule has 6 aliphatic carbocycles. The Balaban J connectivity index is 1.33. The lowest BCUT2D eigenvalue weighted by atomic mass is 9.34. The SMILES string of the molecule is CC1(C)C2CC(O)C3=C(CC[C@]4(C)[C@]35CC[C@]4([C@@H]3C[C@H]3C(=O)O)C5=O)C[C@@]23CC[C@@H]1O3. The van der Waals surface area contributed by atoms with E-state index in [1.54, 1.807) is 0 Å². The van der Waals surface area contributed by atoms with Gasteiger partial charge >= 0.3 is 5.97 Å². The van der Waals surface area contributed by atoms with Crippen LogP contribution in [0.15, 0.2) is 11.1 Å². The monoisotopic (exact) mass is 426 g/mol. The summed E-state index contributed by atoms with van der Waals surface area (Å²) in [4.78, 5) is 25.7. The van der Waals surface area contributed by atoms with Crippen molar-refractivity contribution >= 4 is 11.8 Å². The maximum Gasteiger partial charge on any atom is 0.306 e. The number of hydrogen-bond donors (Lipinski definition) is 2. The first-order chi connectivity index (χ1) is 14.6. The van der Waals surface area contributed by atoms with E-state index in [1.807, 2.05) is 0 Å². The van der Waals surface area contributed by atoms with Crippen LogP contribution in [0.4, 0.5) is 0 Å². The lowest BCUT2D eigenvalue weighted by Crippen LogP contribution is -2.70. The lowest BCUT2D eigenvalue weighted by Gasteiger charge is -2.66. The molecule has 0 aromatic rings. The van der Waals surface area contributed by atoms with Gasteiger partial charge in [-0.3, -0.25) is 9.59 Å².